The normalized spacial score (nSPS) is 13.9. The van der Waals surface area contributed by atoms with Crippen molar-refractivity contribution in [3.05, 3.63) is 64.5 Å². The maximum Gasteiger partial charge on any atom is 0.323 e. The molecule has 2 heterocycles. The van der Waals surface area contributed by atoms with Gasteiger partial charge in [-0.3, -0.25) is 4.79 Å². The molecule has 1 aliphatic rings. The fraction of sp³-hybridized carbons (Fsp3) is 0.176. The highest BCUT2D eigenvalue weighted by molar-refractivity contribution is 6.04. The molecule has 1 aliphatic carbocycles. The molecule has 4 N–H and O–H groups in total. The monoisotopic (exact) mass is 308 g/mol. The number of anilines is 1. The van der Waals surface area contributed by atoms with E-state index in [4.69, 9.17) is 0 Å². The molecule has 116 valence electrons. The van der Waals surface area contributed by atoms with Crippen LogP contribution in [0.3, 0.4) is 0 Å². The number of nitrogens with one attached hydrogen (secondary N) is 4. The van der Waals surface area contributed by atoms with Crippen LogP contribution in [0.15, 0.2) is 47.5 Å². The number of amides is 1. The molecule has 1 fully saturated rings. The second-order valence-electron chi connectivity index (χ2n) is 5.77. The van der Waals surface area contributed by atoms with Gasteiger partial charge in [0, 0.05) is 18.1 Å². The largest absolute Gasteiger partial charge is 0.357 e. The van der Waals surface area contributed by atoms with Gasteiger partial charge in [0.25, 0.3) is 5.91 Å². The number of carbonyl (C=O) groups excluding carboxylic acids is 1. The number of hydrogen-bond donors (Lipinski definition) is 4. The van der Waals surface area contributed by atoms with Crippen LogP contribution in [0, 0.1) is 0 Å². The SMILES string of the molecule is O=C(Nc1ccc(-c2c[nH]c(=O)[nH]2)cc1)c1[nH]ccc1C1CC1. The van der Waals surface area contributed by atoms with Crippen LogP contribution in [-0.2, 0) is 0 Å². The number of benzene rings is 1. The van der Waals surface area contributed by atoms with Crippen molar-refractivity contribution < 1.29 is 4.79 Å². The van der Waals surface area contributed by atoms with Crippen molar-refractivity contribution in [1.82, 2.24) is 15.0 Å². The average Bonchev–Trinajstić information content (AvgIpc) is 3.11. The van der Waals surface area contributed by atoms with Gasteiger partial charge in [-0.15, -0.1) is 0 Å². The first-order chi connectivity index (χ1) is 11.2. The van der Waals surface area contributed by atoms with E-state index in [1.54, 1.807) is 6.20 Å². The van der Waals surface area contributed by atoms with Crippen molar-refractivity contribution in [3.8, 4) is 11.3 Å². The van der Waals surface area contributed by atoms with Gasteiger partial charge in [0.05, 0.1) is 5.69 Å². The molecule has 0 radical (unpaired) electrons. The Hall–Kier alpha value is -3.02. The first kappa shape index (κ1) is 13.6. The highest BCUT2D eigenvalue weighted by Crippen LogP contribution is 2.41. The smallest absolute Gasteiger partial charge is 0.323 e. The number of H-pyrrole nitrogens is 3. The van der Waals surface area contributed by atoms with Crippen molar-refractivity contribution in [1.29, 1.82) is 0 Å². The summed E-state index contributed by atoms with van der Waals surface area (Å²) >= 11 is 0. The first-order valence-electron chi connectivity index (χ1n) is 7.57. The highest BCUT2D eigenvalue weighted by atomic mass is 16.2. The van der Waals surface area contributed by atoms with Gasteiger partial charge < -0.3 is 20.3 Å². The van der Waals surface area contributed by atoms with Gasteiger partial charge in [-0.05, 0) is 48.1 Å². The van der Waals surface area contributed by atoms with Gasteiger partial charge in [0.2, 0.25) is 0 Å². The van der Waals surface area contributed by atoms with Crippen molar-refractivity contribution in [2.45, 2.75) is 18.8 Å². The predicted octanol–water partition coefficient (Wildman–Crippen LogP) is 2.83. The van der Waals surface area contributed by atoms with Crippen molar-refractivity contribution in [2.24, 2.45) is 0 Å². The Balaban J connectivity index is 1.51. The van der Waals surface area contributed by atoms with E-state index in [1.807, 2.05) is 36.5 Å². The van der Waals surface area contributed by atoms with Crippen LogP contribution >= 0.6 is 0 Å². The van der Waals surface area contributed by atoms with Gasteiger partial charge in [-0.25, -0.2) is 4.79 Å². The Kier molecular flexibility index (Phi) is 3.15. The lowest BCUT2D eigenvalue weighted by Gasteiger charge is -2.07. The zero-order valence-electron chi connectivity index (χ0n) is 12.3. The summed E-state index contributed by atoms with van der Waals surface area (Å²) in [6, 6.07) is 9.32. The van der Waals surface area contributed by atoms with Crippen LogP contribution in [0.4, 0.5) is 5.69 Å². The third kappa shape index (κ3) is 2.70. The molecule has 0 atom stereocenters. The summed E-state index contributed by atoms with van der Waals surface area (Å²) in [6.07, 6.45) is 5.74. The molecule has 1 amide bonds. The lowest BCUT2D eigenvalue weighted by atomic mass is 10.1. The molecule has 4 rings (SSSR count). The zero-order chi connectivity index (χ0) is 15.8. The zero-order valence-corrected chi connectivity index (χ0v) is 12.3. The Labute approximate surface area is 132 Å². The van der Waals surface area contributed by atoms with Gasteiger partial charge in [0.15, 0.2) is 0 Å². The fourth-order valence-electron chi connectivity index (χ4n) is 2.73. The molecule has 0 aliphatic heterocycles. The number of carbonyl (C=O) groups is 1. The number of imidazole rings is 1. The number of aromatic nitrogens is 3. The molecule has 0 unspecified atom stereocenters. The minimum atomic E-state index is -0.239. The Morgan fingerprint density at radius 2 is 1.87 bits per heavy atom. The van der Waals surface area contributed by atoms with Crippen molar-refractivity contribution >= 4 is 11.6 Å². The molecular formula is C17H16N4O2. The van der Waals surface area contributed by atoms with Crippen LogP contribution in [0.1, 0.15) is 34.8 Å². The summed E-state index contributed by atoms with van der Waals surface area (Å²) in [6.45, 7) is 0. The minimum absolute atomic E-state index is 0.125. The first-order valence-corrected chi connectivity index (χ1v) is 7.57. The van der Waals surface area contributed by atoms with Crippen LogP contribution in [0.25, 0.3) is 11.3 Å². The van der Waals surface area contributed by atoms with E-state index in [1.165, 1.54) is 0 Å². The van der Waals surface area contributed by atoms with Crippen LogP contribution < -0.4 is 11.0 Å². The van der Waals surface area contributed by atoms with E-state index in [-0.39, 0.29) is 11.6 Å². The molecule has 6 nitrogen and oxygen atoms in total. The number of rotatable bonds is 4. The molecule has 0 spiro atoms. The second kappa shape index (κ2) is 5.31. The van der Waals surface area contributed by atoms with Crippen LogP contribution in [0.2, 0.25) is 0 Å². The number of aromatic amines is 3. The van der Waals surface area contributed by atoms with E-state index >= 15 is 0 Å². The van der Waals surface area contributed by atoms with E-state index < -0.39 is 0 Å². The molecule has 1 saturated carbocycles. The quantitative estimate of drug-likeness (QED) is 0.596. The average molecular weight is 308 g/mol. The lowest BCUT2D eigenvalue weighted by Crippen LogP contribution is -2.14. The van der Waals surface area contributed by atoms with E-state index in [2.05, 4.69) is 20.3 Å². The van der Waals surface area contributed by atoms with Crippen LogP contribution in [-0.4, -0.2) is 20.9 Å². The summed E-state index contributed by atoms with van der Waals surface area (Å²) in [5.41, 5.74) is 3.81. The fourth-order valence-corrected chi connectivity index (χ4v) is 2.73. The van der Waals surface area contributed by atoms with Gasteiger partial charge in [-0.1, -0.05) is 12.1 Å². The molecule has 23 heavy (non-hydrogen) atoms. The van der Waals surface area contributed by atoms with Crippen molar-refractivity contribution in [2.75, 3.05) is 5.32 Å². The molecule has 1 aromatic carbocycles. The van der Waals surface area contributed by atoms with E-state index in [0.29, 0.717) is 23.0 Å². The molecule has 6 heteroatoms. The maximum atomic E-state index is 12.4. The topological polar surface area (TPSA) is 93.5 Å². The predicted molar refractivity (Wildman–Crippen MR) is 87.6 cm³/mol. The summed E-state index contributed by atoms with van der Waals surface area (Å²) in [7, 11) is 0. The van der Waals surface area contributed by atoms with E-state index in [9.17, 15) is 9.59 Å². The van der Waals surface area contributed by atoms with Gasteiger partial charge >= 0.3 is 5.69 Å². The highest BCUT2D eigenvalue weighted by Gasteiger charge is 2.28. The van der Waals surface area contributed by atoms with Gasteiger partial charge in [0.1, 0.15) is 5.69 Å². The summed E-state index contributed by atoms with van der Waals surface area (Å²) in [5.74, 6) is 0.398. The summed E-state index contributed by atoms with van der Waals surface area (Å²) < 4.78 is 0. The van der Waals surface area contributed by atoms with Crippen molar-refractivity contribution in [3.63, 3.8) is 0 Å². The Bertz CT molecular complexity index is 897. The lowest BCUT2D eigenvalue weighted by molar-refractivity contribution is 0.102. The molecule has 2 aromatic heterocycles. The minimum Gasteiger partial charge on any atom is -0.357 e. The maximum absolute atomic E-state index is 12.4. The van der Waals surface area contributed by atoms with Crippen LogP contribution in [0.5, 0.6) is 0 Å². The molecule has 3 aromatic rings. The third-order valence-electron chi connectivity index (χ3n) is 4.07. The number of hydrogen-bond acceptors (Lipinski definition) is 2. The molecule has 0 bridgehead atoms. The Morgan fingerprint density at radius 1 is 1.09 bits per heavy atom. The summed E-state index contributed by atoms with van der Waals surface area (Å²) in [4.78, 5) is 31.8. The second-order valence-corrected chi connectivity index (χ2v) is 5.77. The standard InChI is InChI=1S/C17H16N4O2/c22-16(15-13(7-8-18-15)10-1-2-10)20-12-5-3-11(4-6-12)14-9-19-17(23)21-14/h3-10,18H,1-2H2,(H,20,22)(H2,19,21,23). The third-order valence-corrected chi connectivity index (χ3v) is 4.07. The summed E-state index contributed by atoms with van der Waals surface area (Å²) in [5, 5.41) is 2.90. The Morgan fingerprint density at radius 3 is 2.52 bits per heavy atom. The molecule has 0 saturated heterocycles. The molecular weight excluding hydrogens is 292 g/mol. The van der Waals surface area contributed by atoms with Gasteiger partial charge in [-0.2, -0.15) is 0 Å². The van der Waals surface area contributed by atoms with E-state index in [0.717, 1.165) is 24.0 Å².